The maximum absolute atomic E-state index is 7.07. The van der Waals surface area contributed by atoms with Crippen LogP contribution >= 0.6 is 0 Å². The molecule has 2 aromatic carbocycles. The Kier molecular flexibility index (Phi) is 9.01. The van der Waals surface area contributed by atoms with Gasteiger partial charge in [0.1, 0.15) is 22.7 Å². The average Bonchev–Trinajstić information content (AvgIpc) is 3.51. The zero-order valence-electron chi connectivity index (χ0n) is 29.8. The smallest absolute Gasteiger partial charge is 0.187 e. The highest BCUT2D eigenvalue weighted by Crippen LogP contribution is 2.30. The van der Waals surface area contributed by atoms with Crippen molar-refractivity contribution >= 4 is 28.0 Å². The second-order valence-electron chi connectivity index (χ2n) is 14.8. The predicted molar refractivity (Wildman–Crippen MR) is 206 cm³/mol. The summed E-state index contributed by atoms with van der Waals surface area (Å²) in [5.41, 5.74) is 15.9. The SMILES string of the molecule is NCc1ccc(-c2cnc3c(c2)nc2n3CCN(C3CCC3)CC2)cc1.[C-]#[N+]c1ccc(-c2cnc3c(c2)nc2n3CCN(C3CCC3)CC2)cc1. The maximum atomic E-state index is 7.07. The normalized spacial score (nSPS) is 18.3. The minimum absolute atomic E-state index is 0.573. The first kappa shape index (κ1) is 32.9. The number of hydrogen-bond acceptors (Lipinski definition) is 7. The van der Waals surface area contributed by atoms with Crippen LogP contribution in [0.1, 0.15) is 55.7 Å². The topological polar surface area (TPSA) is 98.3 Å². The molecule has 2 N–H and O–H groups in total. The Labute approximate surface area is 305 Å². The van der Waals surface area contributed by atoms with Crippen LogP contribution in [0.2, 0.25) is 0 Å². The van der Waals surface area contributed by atoms with Crippen LogP contribution in [-0.2, 0) is 32.5 Å². The van der Waals surface area contributed by atoms with E-state index in [9.17, 15) is 0 Å². The van der Waals surface area contributed by atoms with E-state index in [1.54, 1.807) is 0 Å². The molecule has 0 radical (unpaired) electrons. The molecule has 0 saturated heterocycles. The number of nitrogens with zero attached hydrogens (tertiary/aromatic N) is 9. The summed E-state index contributed by atoms with van der Waals surface area (Å²) in [6, 6.07) is 21.9. The third kappa shape index (κ3) is 6.38. The zero-order valence-corrected chi connectivity index (χ0v) is 29.8. The maximum Gasteiger partial charge on any atom is 0.187 e. The second kappa shape index (κ2) is 14.2. The van der Waals surface area contributed by atoms with Crippen molar-refractivity contribution in [1.29, 1.82) is 0 Å². The summed E-state index contributed by atoms with van der Waals surface area (Å²) in [7, 11) is 0. The molecule has 2 saturated carbocycles. The second-order valence-corrected chi connectivity index (χ2v) is 14.8. The number of aromatic nitrogens is 6. The third-order valence-electron chi connectivity index (χ3n) is 11.8. The molecule has 6 aromatic rings. The molecular weight excluding hydrogens is 645 g/mol. The quantitative estimate of drug-likeness (QED) is 0.194. The summed E-state index contributed by atoms with van der Waals surface area (Å²) < 4.78 is 4.63. The lowest BCUT2D eigenvalue weighted by Gasteiger charge is -2.36. The molecule has 0 spiro atoms. The lowest BCUT2D eigenvalue weighted by atomic mass is 9.91. The van der Waals surface area contributed by atoms with Crippen molar-refractivity contribution in [2.75, 3.05) is 26.2 Å². The van der Waals surface area contributed by atoms with Gasteiger partial charge in [0.2, 0.25) is 0 Å². The molecule has 2 aliphatic heterocycles. The number of hydrogen-bond donors (Lipinski definition) is 1. The van der Waals surface area contributed by atoms with Crippen LogP contribution in [-0.4, -0.2) is 77.1 Å². The monoisotopic (exact) mass is 690 g/mol. The van der Waals surface area contributed by atoms with Gasteiger partial charge >= 0.3 is 0 Å². The summed E-state index contributed by atoms with van der Waals surface area (Å²) in [4.78, 5) is 28.1. The highest BCUT2D eigenvalue weighted by molar-refractivity contribution is 5.80. The summed E-state index contributed by atoms with van der Waals surface area (Å²) in [5, 5.41) is 0. The minimum Gasteiger partial charge on any atom is -0.326 e. The van der Waals surface area contributed by atoms with E-state index < -0.39 is 0 Å². The van der Waals surface area contributed by atoms with Gasteiger partial charge in [-0.05, 0) is 54.5 Å². The van der Waals surface area contributed by atoms with Crippen LogP contribution in [0.4, 0.5) is 5.69 Å². The number of imidazole rings is 2. The molecule has 0 amide bonds. The van der Waals surface area contributed by atoms with Gasteiger partial charge in [0.05, 0.1) is 6.57 Å². The van der Waals surface area contributed by atoms with Crippen LogP contribution in [0.15, 0.2) is 73.1 Å². The van der Waals surface area contributed by atoms with Gasteiger partial charge in [0.25, 0.3) is 0 Å². The van der Waals surface area contributed by atoms with Crippen molar-refractivity contribution in [3.8, 4) is 22.3 Å². The Morgan fingerprint density at radius 3 is 1.52 bits per heavy atom. The Hall–Kier alpha value is -4.95. The Balaban J connectivity index is 0.000000138. The molecule has 52 heavy (non-hydrogen) atoms. The van der Waals surface area contributed by atoms with Crippen molar-refractivity contribution in [3.05, 3.63) is 102 Å². The number of rotatable bonds is 5. The summed E-state index contributed by atoms with van der Waals surface area (Å²) in [5.74, 6) is 2.35. The van der Waals surface area contributed by atoms with E-state index >= 15 is 0 Å². The largest absolute Gasteiger partial charge is 0.326 e. The highest BCUT2D eigenvalue weighted by Gasteiger charge is 2.29. The molecule has 6 heterocycles. The van der Waals surface area contributed by atoms with Crippen LogP contribution in [0.25, 0.3) is 49.4 Å². The van der Waals surface area contributed by atoms with Crippen LogP contribution in [0.5, 0.6) is 0 Å². The fourth-order valence-corrected chi connectivity index (χ4v) is 8.25. The van der Waals surface area contributed by atoms with E-state index in [4.69, 9.17) is 32.2 Å². The lowest BCUT2D eigenvalue weighted by molar-refractivity contribution is 0.130. The fourth-order valence-electron chi connectivity index (χ4n) is 8.25. The Morgan fingerprint density at radius 2 is 1.10 bits per heavy atom. The number of benzene rings is 2. The van der Waals surface area contributed by atoms with Gasteiger partial charge in [-0.3, -0.25) is 9.80 Å². The van der Waals surface area contributed by atoms with Crippen LogP contribution < -0.4 is 5.73 Å². The van der Waals surface area contributed by atoms with Crippen molar-refractivity contribution in [2.45, 2.75) is 83.1 Å². The minimum atomic E-state index is 0.573. The standard InChI is InChI=1S/C21H21N5.C21H25N5/c1-22-17-7-5-15(6-8-17)16-13-19-21(23-14-16)26-12-11-25(18-3-2-4-18)10-9-20(26)24-19;22-13-15-4-6-16(7-5-15)17-12-19-21(23-14-17)26-11-10-25(18-2-1-3-18)9-8-20(26)24-19/h5-8,13-14,18H,2-4,9-12H2;4-7,12,14,18H,1-3,8-11,13,22H2. The van der Waals surface area contributed by atoms with E-state index in [1.165, 1.54) is 44.3 Å². The molecule has 264 valence electrons. The number of nitrogens with two attached hydrogens (primary N) is 1. The van der Waals surface area contributed by atoms with Gasteiger partial charge in [0.15, 0.2) is 17.0 Å². The van der Waals surface area contributed by atoms with E-state index in [1.807, 2.05) is 36.7 Å². The molecule has 4 aromatic heterocycles. The van der Waals surface area contributed by atoms with Gasteiger partial charge < -0.3 is 14.9 Å². The molecule has 2 fully saturated rings. The van der Waals surface area contributed by atoms with Crippen molar-refractivity contribution in [1.82, 2.24) is 38.9 Å². The average molecular weight is 691 g/mol. The van der Waals surface area contributed by atoms with E-state index in [2.05, 4.69) is 60.2 Å². The number of fused-ring (bicyclic) bond motifs is 6. The molecule has 0 bridgehead atoms. The van der Waals surface area contributed by atoms with Gasteiger partial charge in [-0.1, -0.05) is 61.4 Å². The molecule has 0 unspecified atom stereocenters. The van der Waals surface area contributed by atoms with E-state index in [0.717, 1.165) is 120 Å². The van der Waals surface area contributed by atoms with Gasteiger partial charge in [-0.15, -0.1) is 0 Å². The molecule has 2 aliphatic carbocycles. The Bertz CT molecular complexity index is 2240. The molecule has 10 nitrogen and oxygen atoms in total. The van der Waals surface area contributed by atoms with Crippen molar-refractivity contribution in [3.63, 3.8) is 0 Å². The van der Waals surface area contributed by atoms with Crippen LogP contribution in [0, 0.1) is 6.57 Å². The predicted octanol–water partition coefficient (Wildman–Crippen LogP) is 7.03. The molecule has 10 heteroatoms. The van der Waals surface area contributed by atoms with E-state index in [0.29, 0.717) is 12.2 Å². The molecule has 0 atom stereocenters. The summed E-state index contributed by atoms with van der Waals surface area (Å²) in [6.07, 6.45) is 14.2. The first-order valence-corrected chi connectivity index (χ1v) is 19.1. The summed E-state index contributed by atoms with van der Waals surface area (Å²) >= 11 is 0. The first-order valence-electron chi connectivity index (χ1n) is 19.1. The van der Waals surface area contributed by atoms with Gasteiger partial charge in [-0.25, -0.2) is 24.8 Å². The summed E-state index contributed by atoms with van der Waals surface area (Å²) in [6.45, 7) is 14.1. The van der Waals surface area contributed by atoms with E-state index in [-0.39, 0.29) is 0 Å². The number of pyridine rings is 2. The lowest BCUT2D eigenvalue weighted by Crippen LogP contribution is -2.41. The van der Waals surface area contributed by atoms with Crippen molar-refractivity contribution in [2.24, 2.45) is 5.73 Å². The van der Waals surface area contributed by atoms with Gasteiger partial charge in [0, 0.05) is 94.3 Å². The van der Waals surface area contributed by atoms with Crippen molar-refractivity contribution < 1.29 is 0 Å². The molecule has 10 rings (SSSR count). The van der Waals surface area contributed by atoms with Gasteiger partial charge in [-0.2, -0.15) is 0 Å². The van der Waals surface area contributed by atoms with Crippen LogP contribution in [0.3, 0.4) is 0 Å². The first-order chi connectivity index (χ1) is 25.6. The Morgan fingerprint density at radius 1 is 0.615 bits per heavy atom. The molecule has 4 aliphatic rings. The molecular formula is C42H46N10. The highest BCUT2D eigenvalue weighted by atomic mass is 15.2. The zero-order chi connectivity index (χ0) is 35.0. The fraction of sp³-hybridized carbons (Fsp3) is 0.405. The third-order valence-corrected chi connectivity index (χ3v) is 11.8.